The Morgan fingerprint density at radius 3 is 2.61 bits per heavy atom. The third-order valence-electron chi connectivity index (χ3n) is 5.03. The number of benzene rings is 2. The van der Waals surface area contributed by atoms with Crippen LogP contribution < -0.4 is 15.4 Å². The number of aliphatic imine (C=N–C) groups is 1. The molecule has 2 aromatic carbocycles. The molecule has 2 atom stereocenters. The first-order chi connectivity index (χ1) is 15.6. The molecule has 0 radical (unpaired) electrons. The van der Waals surface area contributed by atoms with Crippen molar-refractivity contribution in [1.29, 1.82) is 0 Å². The zero-order chi connectivity index (χ0) is 23.6. The van der Waals surface area contributed by atoms with Crippen molar-refractivity contribution in [3.8, 4) is 5.75 Å². The number of amides is 1. The number of nitrogens with zero attached hydrogens (tertiary/aromatic N) is 1. The summed E-state index contributed by atoms with van der Waals surface area (Å²) in [5.74, 6) is -0.0644. The molecule has 2 aliphatic rings. The van der Waals surface area contributed by atoms with Crippen molar-refractivity contribution in [1.82, 2.24) is 5.32 Å². The third kappa shape index (κ3) is 5.99. The van der Waals surface area contributed by atoms with Gasteiger partial charge in [-0.15, -0.1) is 0 Å². The van der Waals surface area contributed by atoms with Crippen LogP contribution in [-0.4, -0.2) is 55.4 Å². The molecule has 176 valence electrons. The number of anilines is 1. The number of carbonyl (C=O) groups is 1. The topological polar surface area (TPSA) is 96.9 Å². The lowest BCUT2D eigenvalue weighted by atomic mass is 10.2. The molecule has 0 spiro atoms. The molecular formula is C21H20F3N3O4S2. The van der Waals surface area contributed by atoms with E-state index in [1.807, 2.05) is 0 Å². The van der Waals surface area contributed by atoms with Gasteiger partial charge in [-0.1, -0.05) is 17.8 Å². The number of amidine groups is 1. The van der Waals surface area contributed by atoms with Gasteiger partial charge in [0, 0.05) is 16.5 Å². The second-order valence-corrected chi connectivity index (χ2v) is 10.9. The quantitative estimate of drug-likeness (QED) is 0.593. The van der Waals surface area contributed by atoms with Gasteiger partial charge >= 0.3 is 6.18 Å². The van der Waals surface area contributed by atoms with E-state index in [1.54, 1.807) is 24.3 Å². The van der Waals surface area contributed by atoms with Gasteiger partial charge in [0.15, 0.2) is 15.0 Å². The maximum absolute atomic E-state index is 12.7. The summed E-state index contributed by atoms with van der Waals surface area (Å²) in [6.45, 7) is 0.135. The monoisotopic (exact) mass is 499 g/mol. The molecule has 2 heterocycles. The number of thioether (sulfide) groups is 1. The highest BCUT2D eigenvalue weighted by atomic mass is 32.2. The Labute approximate surface area is 192 Å². The molecular weight excluding hydrogens is 479 g/mol. The molecule has 0 aliphatic carbocycles. The van der Waals surface area contributed by atoms with Crippen LogP contribution in [0.3, 0.4) is 0 Å². The predicted molar refractivity (Wildman–Crippen MR) is 121 cm³/mol. The van der Waals surface area contributed by atoms with Gasteiger partial charge in [0.1, 0.15) is 12.4 Å². The Bertz CT molecular complexity index is 1170. The minimum Gasteiger partial charge on any atom is -0.492 e. The number of hydrogen-bond donors (Lipinski definition) is 2. The van der Waals surface area contributed by atoms with E-state index < -0.39 is 21.6 Å². The summed E-state index contributed by atoms with van der Waals surface area (Å²) in [5.41, 5.74) is 0.324. The summed E-state index contributed by atoms with van der Waals surface area (Å²) in [6.07, 6.45) is -4.45. The highest BCUT2D eigenvalue weighted by Gasteiger charge is 2.42. The Morgan fingerprint density at radius 2 is 1.91 bits per heavy atom. The van der Waals surface area contributed by atoms with E-state index in [4.69, 9.17) is 4.74 Å². The lowest BCUT2D eigenvalue weighted by Crippen LogP contribution is -2.28. The maximum Gasteiger partial charge on any atom is 0.416 e. The Hall–Kier alpha value is -2.73. The fourth-order valence-corrected chi connectivity index (χ4v) is 7.12. The largest absolute Gasteiger partial charge is 0.492 e. The first-order valence-electron chi connectivity index (χ1n) is 9.99. The smallest absolute Gasteiger partial charge is 0.416 e. The van der Waals surface area contributed by atoms with Gasteiger partial charge in [-0.2, -0.15) is 13.2 Å². The van der Waals surface area contributed by atoms with Crippen molar-refractivity contribution >= 4 is 38.4 Å². The van der Waals surface area contributed by atoms with Crippen LogP contribution in [0.15, 0.2) is 53.5 Å². The number of ether oxygens (including phenoxy) is 1. The third-order valence-corrected chi connectivity index (χ3v) is 8.18. The highest BCUT2D eigenvalue weighted by molar-refractivity contribution is 8.15. The number of rotatable bonds is 6. The molecule has 12 heteroatoms. The van der Waals surface area contributed by atoms with E-state index in [2.05, 4.69) is 15.6 Å². The summed E-state index contributed by atoms with van der Waals surface area (Å²) < 4.78 is 66.7. The van der Waals surface area contributed by atoms with Crippen molar-refractivity contribution in [2.45, 2.75) is 17.5 Å². The van der Waals surface area contributed by atoms with Crippen LogP contribution in [-0.2, 0) is 16.0 Å². The molecule has 33 heavy (non-hydrogen) atoms. The van der Waals surface area contributed by atoms with Crippen LogP contribution in [0.1, 0.15) is 15.9 Å². The van der Waals surface area contributed by atoms with Gasteiger partial charge in [-0.3, -0.25) is 9.79 Å². The van der Waals surface area contributed by atoms with Gasteiger partial charge in [0.2, 0.25) is 0 Å². The number of alkyl halides is 3. The van der Waals surface area contributed by atoms with Crippen LogP contribution in [0.25, 0.3) is 0 Å². The molecule has 0 saturated carbocycles. The number of halogens is 3. The van der Waals surface area contributed by atoms with Crippen molar-refractivity contribution in [2.75, 3.05) is 30.0 Å². The van der Waals surface area contributed by atoms with Gasteiger partial charge < -0.3 is 15.4 Å². The Morgan fingerprint density at radius 1 is 1.15 bits per heavy atom. The van der Waals surface area contributed by atoms with E-state index in [9.17, 15) is 26.4 Å². The summed E-state index contributed by atoms with van der Waals surface area (Å²) in [7, 11) is -3.00. The van der Waals surface area contributed by atoms with E-state index in [1.165, 1.54) is 23.9 Å². The van der Waals surface area contributed by atoms with E-state index in [-0.39, 0.29) is 47.6 Å². The van der Waals surface area contributed by atoms with Crippen LogP contribution in [0.5, 0.6) is 5.75 Å². The van der Waals surface area contributed by atoms with Crippen molar-refractivity contribution in [3.63, 3.8) is 0 Å². The summed E-state index contributed by atoms with van der Waals surface area (Å²) in [6, 6.07) is 11.0. The number of hydrogen-bond acceptors (Lipinski definition) is 7. The number of carbonyl (C=O) groups excluding carboxylic acids is 1. The zero-order valence-corrected chi connectivity index (χ0v) is 18.8. The van der Waals surface area contributed by atoms with E-state index in [0.29, 0.717) is 16.4 Å². The molecule has 2 aromatic rings. The first-order valence-corrected chi connectivity index (χ1v) is 12.7. The lowest BCUT2D eigenvalue weighted by molar-refractivity contribution is -0.137. The van der Waals surface area contributed by atoms with Crippen LogP contribution in [0, 0.1) is 0 Å². The van der Waals surface area contributed by atoms with Gasteiger partial charge in [-0.05, 0) is 42.5 Å². The predicted octanol–water partition coefficient (Wildman–Crippen LogP) is 3.19. The second kappa shape index (κ2) is 9.26. The SMILES string of the molecule is O=C(NCCOc1cccc(C(F)(F)F)c1)c1ccc(NC2=NC3CS(=O)(=O)CC3S2)cc1. The second-order valence-electron chi connectivity index (χ2n) is 7.57. The Balaban J connectivity index is 1.23. The molecule has 1 amide bonds. The minimum absolute atomic E-state index is 0.0157. The molecule has 0 aromatic heterocycles. The average Bonchev–Trinajstić information content (AvgIpc) is 3.23. The Kier molecular flexibility index (Phi) is 6.57. The molecule has 2 N–H and O–H groups in total. The molecule has 0 bridgehead atoms. The van der Waals surface area contributed by atoms with E-state index in [0.717, 1.165) is 12.1 Å². The molecule has 4 rings (SSSR count). The zero-order valence-electron chi connectivity index (χ0n) is 17.1. The molecule has 7 nitrogen and oxygen atoms in total. The highest BCUT2D eigenvalue weighted by Crippen LogP contribution is 2.34. The average molecular weight is 500 g/mol. The summed E-state index contributed by atoms with van der Waals surface area (Å²) >= 11 is 1.41. The van der Waals surface area contributed by atoms with Crippen molar-refractivity contribution in [3.05, 3.63) is 59.7 Å². The molecule has 2 aliphatic heterocycles. The summed E-state index contributed by atoms with van der Waals surface area (Å²) in [4.78, 5) is 16.7. The van der Waals surface area contributed by atoms with Crippen molar-refractivity contribution in [2.24, 2.45) is 4.99 Å². The number of fused-ring (bicyclic) bond motifs is 1. The molecule has 1 saturated heterocycles. The van der Waals surface area contributed by atoms with Gasteiger partial charge in [0.05, 0.1) is 29.7 Å². The van der Waals surface area contributed by atoms with Crippen LogP contribution in [0.2, 0.25) is 0 Å². The van der Waals surface area contributed by atoms with Gasteiger partial charge in [-0.25, -0.2) is 8.42 Å². The summed E-state index contributed by atoms with van der Waals surface area (Å²) in [5, 5.41) is 6.39. The fourth-order valence-electron chi connectivity index (χ4n) is 3.44. The normalized spacial score (nSPS) is 21.2. The standard InChI is InChI=1S/C21H20F3N3O4S2/c22-21(23,24)14-2-1-3-16(10-14)31-9-8-25-19(28)13-4-6-15(7-5-13)26-20-27-17-11-33(29,30)12-18(17)32-20/h1-7,10,17-18H,8-9,11-12H2,(H,25,28)(H,26,27). The van der Waals surface area contributed by atoms with E-state index >= 15 is 0 Å². The van der Waals surface area contributed by atoms with Crippen LogP contribution in [0.4, 0.5) is 18.9 Å². The minimum atomic E-state index is -4.45. The molecule has 1 fully saturated rings. The number of sulfone groups is 1. The maximum atomic E-state index is 12.7. The molecule has 2 unspecified atom stereocenters. The van der Waals surface area contributed by atoms with Crippen LogP contribution >= 0.6 is 11.8 Å². The first kappa shape index (κ1) is 23.4. The number of nitrogens with one attached hydrogen (secondary N) is 2. The van der Waals surface area contributed by atoms with Crippen molar-refractivity contribution < 1.29 is 31.1 Å². The van der Waals surface area contributed by atoms with Gasteiger partial charge in [0.25, 0.3) is 5.91 Å². The lowest BCUT2D eigenvalue weighted by Gasteiger charge is -2.11. The fraction of sp³-hybridized carbons (Fsp3) is 0.333.